The van der Waals surface area contributed by atoms with Gasteiger partial charge in [-0.2, -0.15) is 0 Å². The molecule has 1 N–H and O–H groups in total. The molecule has 0 fully saturated rings. The molecule has 4 nitrogen and oxygen atoms in total. The second kappa shape index (κ2) is 6.57. The Kier molecular flexibility index (Phi) is 4.85. The summed E-state index contributed by atoms with van der Waals surface area (Å²) in [5.41, 5.74) is 1.57. The number of fused-ring (bicyclic) bond motifs is 3. The molecule has 0 aliphatic heterocycles. The first-order valence-corrected chi connectivity index (χ1v) is 9.86. The molecule has 0 amide bonds. The highest BCUT2D eigenvalue weighted by Crippen LogP contribution is 2.42. The van der Waals surface area contributed by atoms with E-state index in [1.807, 2.05) is 0 Å². The van der Waals surface area contributed by atoms with Gasteiger partial charge in [0.15, 0.2) is 5.16 Å². The molecular weight excluding hydrogens is 328 g/mol. The second-order valence-electron chi connectivity index (χ2n) is 7.20. The van der Waals surface area contributed by atoms with Crippen LogP contribution < -0.4 is 5.56 Å². The van der Waals surface area contributed by atoms with Gasteiger partial charge < -0.3 is 9.72 Å². The predicted octanol–water partition coefficient (Wildman–Crippen LogP) is 3.87. The van der Waals surface area contributed by atoms with E-state index in [-0.39, 0.29) is 5.56 Å². The number of ether oxygens (including phenoxy) is 1. The molecule has 3 rings (SSSR count). The molecule has 2 heterocycles. The lowest BCUT2D eigenvalue weighted by atomic mass is 9.72. The fraction of sp³-hybridized carbons (Fsp3) is 0.647. The number of methoxy groups -OCH3 is 1. The summed E-state index contributed by atoms with van der Waals surface area (Å²) >= 11 is 3.25. The van der Waals surface area contributed by atoms with Crippen molar-refractivity contribution < 1.29 is 4.74 Å². The predicted molar refractivity (Wildman–Crippen MR) is 97.8 cm³/mol. The van der Waals surface area contributed by atoms with Crippen LogP contribution in [0.2, 0.25) is 0 Å². The fourth-order valence-electron chi connectivity index (χ4n) is 3.19. The summed E-state index contributed by atoms with van der Waals surface area (Å²) in [6.07, 6.45) is 3.23. The van der Waals surface area contributed by atoms with Crippen LogP contribution in [0.15, 0.2) is 9.95 Å². The highest BCUT2D eigenvalue weighted by Gasteiger charge is 2.31. The molecule has 23 heavy (non-hydrogen) atoms. The van der Waals surface area contributed by atoms with Crippen molar-refractivity contribution in [1.29, 1.82) is 0 Å². The first-order chi connectivity index (χ1) is 10.9. The highest BCUT2D eigenvalue weighted by atomic mass is 32.2. The summed E-state index contributed by atoms with van der Waals surface area (Å²) in [5, 5.41) is 1.53. The number of H-pyrrole nitrogens is 1. The van der Waals surface area contributed by atoms with Crippen molar-refractivity contribution >= 4 is 33.3 Å². The van der Waals surface area contributed by atoms with Gasteiger partial charge >= 0.3 is 0 Å². The lowest BCUT2D eigenvalue weighted by molar-refractivity contribution is 0.218. The van der Waals surface area contributed by atoms with Gasteiger partial charge in [0.25, 0.3) is 5.56 Å². The Morgan fingerprint density at radius 1 is 1.43 bits per heavy atom. The minimum absolute atomic E-state index is 0.0154. The number of aryl methyl sites for hydroxylation is 1. The maximum atomic E-state index is 12.5. The van der Waals surface area contributed by atoms with Crippen LogP contribution in [0.5, 0.6) is 0 Å². The molecule has 2 aromatic heterocycles. The fourth-order valence-corrected chi connectivity index (χ4v) is 5.32. The first-order valence-electron chi connectivity index (χ1n) is 8.06. The van der Waals surface area contributed by atoms with Crippen molar-refractivity contribution in [3.63, 3.8) is 0 Å². The number of nitrogens with zero attached hydrogens (tertiary/aromatic N) is 1. The number of hydrogen-bond acceptors (Lipinski definition) is 5. The third-order valence-electron chi connectivity index (χ3n) is 4.65. The second-order valence-corrected chi connectivity index (χ2v) is 9.37. The zero-order valence-electron chi connectivity index (χ0n) is 14.2. The van der Waals surface area contributed by atoms with Crippen LogP contribution in [0, 0.1) is 11.3 Å². The zero-order valence-corrected chi connectivity index (χ0v) is 15.8. The smallest absolute Gasteiger partial charge is 0.260 e. The van der Waals surface area contributed by atoms with E-state index < -0.39 is 0 Å². The van der Waals surface area contributed by atoms with E-state index in [0.717, 1.165) is 35.2 Å². The van der Waals surface area contributed by atoms with Gasteiger partial charge in [0.2, 0.25) is 0 Å². The normalized spacial score (nSPS) is 18.3. The van der Waals surface area contributed by atoms with E-state index in [4.69, 9.17) is 4.74 Å². The molecule has 1 aliphatic rings. The molecule has 0 radical (unpaired) electrons. The third kappa shape index (κ3) is 3.49. The molecule has 1 atom stereocenters. The third-order valence-corrected chi connectivity index (χ3v) is 6.63. The van der Waals surface area contributed by atoms with Crippen LogP contribution in [0.3, 0.4) is 0 Å². The average Bonchev–Trinajstić information content (AvgIpc) is 2.84. The van der Waals surface area contributed by atoms with Crippen molar-refractivity contribution in [3.05, 3.63) is 20.8 Å². The number of thioether (sulfide) groups is 1. The van der Waals surface area contributed by atoms with Crippen LogP contribution in [-0.2, 0) is 17.6 Å². The van der Waals surface area contributed by atoms with Crippen LogP contribution in [-0.4, -0.2) is 29.4 Å². The van der Waals surface area contributed by atoms with Gasteiger partial charge in [0.05, 0.1) is 12.0 Å². The van der Waals surface area contributed by atoms with Crippen LogP contribution in [0.1, 0.15) is 37.6 Å². The summed E-state index contributed by atoms with van der Waals surface area (Å²) in [6, 6.07) is 0. The molecule has 6 heteroatoms. The van der Waals surface area contributed by atoms with Crippen molar-refractivity contribution in [2.75, 3.05) is 19.5 Å². The summed E-state index contributed by atoms with van der Waals surface area (Å²) in [7, 11) is 1.68. The van der Waals surface area contributed by atoms with E-state index in [9.17, 15) is 4.79 Å². The Balaban J connectivity index is 1.94. The minimum atomic E-state index is 0.0154. The molecule has 126 valence electrons. The lowest BCUT2D eigenvalue weighted by Crippen LogP contribution is -2.26. The van der Waals surface area contributed by atoms with Gasteiger partial charge in [-0.1, -0.05) is 32.5 Å². The average molecular weight is 353 g/mol. The quantitative estimate of drug-likeness (QED) is 0.515. The Bertz CT molecular complexity index is 758. The molecule has 0 aromatic carbocycles. The van der Waals surface area contributed by atoms with Crippen molar-refractivity contribution in [2.24, 2.45) is 11.3 Å². The molecule has 0 saturated carbocycles. The number of hydrogen-bond donors (Lipinski definition) is 1. The van der Waals surface area contributed by atoms with E-state index in [1.54, 1.807) is 18.4 Å². The van der Waals surface area contributed by atoms with Crippen molar-refractivity contribution in [1.82, 2.24) is 9.97 Å². The SMILES string of the molecule is COCCSc1nc2sc3c(c2c(=O)[nH]1)CCC(C(C)(C)C)C3. The van der Waals surface area contributed by atoms with E-state index in [2.05, 4.69) is 30.7 Å². The molecule has 0 saturated heterocycles. The maximum Gasteiger partial charge on any atom is 0.260 e. The number of thiophene rings is 1. The lowest BCUT2D eigenvalue weighted by Gasteiger charge is -2.33. The molecule has 1 aliphatic carbocycles. The Labute approximate surface area is 145 Å². The van der Waals surface area contributed by atoms with Gasteiger partial charge in [0, 0.05) is 17.7 Å². The number of rotatable bonds is 4. The molecular formula is C17H24N2O2S2. The largest absolute Gasteiger partial charge is 0.384 e. The van der Waals surface area contributed by atoms with Gasteiger partial charge in [-0.15, -0.1) is 11.3 Å². The van der Waals surface area contributed by atoms with Crippen LogP contribution in [0.25, 0.3) is 10.2 Å². The molecule has 1 unspecified atom stereocenters. The number of aromatic nitrogens is 2. The summed E-state index contributed by atoms with van der Waals surface area (Å²) in [6.45, 7) is 7.59. The standard InChI is InChI=1S/C17H24N2O2S2/c1-17(2,3)10-5-6-11-12(9-10)23-15-13(11)14(20)18-16(19-15)22-8-7-21-4/h10H,5-9H2,1-4H3,(H,18,19,20). The van der Waals surface area contributed by atoms with Crippen LogP contribution >= 0.6 is 23.1 Å². The Morgan fingerprint density at radius 2 is 2.22 bits per heavy atom. The van der Waals surface area contributed by atoms with Gasteiger partial charge in [-0.05, 0) is 36.2 Å². The summed E-state index contributed by atoms with van der Waals surface area (Å²) in [5.74, 6) is 1.47. The molecule has 2 aromatic rings. The Hall–Kier alpha value is -0.850. The topological polar surface area (TPSA) is 55.0 Å². The zero-order chi connectivity index (χ0) is 16.6. The molecule has 0 bridgehead atoms. The highest BCUT2D eigenvalue weighted by molar-refractivity contribution is 7.99. The van der Waals surface area contributed by atoms with E-state index >= 15 is 0 Å². The van der Waals surface area contributed by atoms with E-state index in [0.29, 0.717) is 23.1 Å². The van der Waals surface area contributed by atoms with Crippen LogP contribution in [0.4, 0.5) is 0 Å². The monoisotopic (exact) mass is 352 g/mol. The summed E-state index contributed by atoms with van der Waals surface area (Å²) in [4.78, 5) is 22.4. The molecule has 0 spiro atoms. The first kappa shape index (κ1) is 17.0. The van der Waals surface area contributed by atoms with Crippen molar-refractivity contribution in [2.45, 2.75) is 45.2 Å². The minimum Gasteiger partial charge on any atom is -0.384 e. The van der Waals surface area contributed by atoms with Gasteiger partial charge in [-0.25, -0.2) is 4.98 Å². The van der Waals surface area contributed by atoms with Gasteiger partial charge in [-0.3, -0.25) is 4.79 Å². The van der Waals surface area contributed by atoms with Crippen molar-refractivity contribution in [3.8, 4) is 0 Å². The van der Waals surface area contributed by atoms with E-state index in [1.165, 1.54) is 22.2 Å². The summed E-state index contributed by atoms with van der Waals surface area (Å²) < 4.78 is 5.05. The van der Waals surface area contributed by atoms with Gasteiger partial charge in [0.1, 0.15) is 4.83 Å². The Morgan fingerprint density at radius 3 is 2.91 bits per heavy atom. The number of nitrogens with one attached hydrogen (secondary N) is 1. The number of aromatic amines is 1. The maximum absolute atomic E-state index is 12.5.